The van der Waals surface area contributed by atoms with E-state index in [1.54, 1.807) is 13.1 Å². The molecule has 0 saturated heterocycles. The largest absolute Gasteiger partial charge is 0.417 e. The number of halogens is 3. The maximum Gasteiger partial charge on any atom is 0.417 e. The number of rotatable bonds is 6. The number of aromatic nitrogens is 6. The molecule has 0 aromatic carbocycles. The Balaban J connectivity index is 1.76. The van der Waals surface area contributed by atoms with E-state index in [0.29, 0.717) is 11.7 Å². The molecule has 5 rings (SSSR count). The Labute approximate surface area is 193 Å². The molecule has 1 aliphatic carbocycles. The minimum Gasteiger partial charge on any atom is -0.367 e. The molecule has 1 atom stereocenters. The summed E-state index contributed by atoms with van der Waals surface area (Å²) in [5.41, 5.74) is -0.417. The third kappa shape index (κ3) is 3.67. The van der Waals surface area contributed by atoms with Crippen molar-refractivity contribution < 1.29 is 21.6 Å². The van der Waals surface area contributed by atoms with Gasteiger partial charge in [-0.25, -0.2) is 23.4 Å². The lowest BCUT2D eigenvalue weighted by atomic mass is 10.2. The number of pyridine rings is 1. The van der Waals surface area contributed by atoms with Crippen LogP contribution in [0.2, 0.25) is 0 Å². The van der Waals surface area contributed by atoms with Crippen molar-refractivity contribution in [3.63, 3.8) is 0 Å². The Bertz CT molecular complexity index is 1520. The molecule has 4 heterocycles. The lowest BCUT2D eigenvalue weighted by Gasteiger charge is -2.14. The average Bonchev–Trinajstić information content (AvgIpc) is 3.49. The quantitative estimate of drug-likeness (QED) is 0.436. The van der Waals surface area contributed by atoms with Gasteiger partial charge in [-0.1, -0.05) is 6.92 Å². The zero-order valence-electron chi connectivity index (χ0n) is 18.6. The second-order valence-electron chi connectivity index (χ2n) is 8.48. The summed E-state index contributed by atoms with van der Waals surface area (Å²) in [5.74, 6) is 1.000. The first-order valence-electron chi connectivity index (χ1n) is 10.8. The molecule has 1 unspecified atom stereocenters. The van der Waals surface area contributed by atoms with E-state index in [1.165, 1.54) is 22.2 Å². The number of nitrogens with zero attached hydrogens (tertiary/aromatic N) is 6. The van der Waals surface area contributed by atoms with Crippen LogP contribution in [0.1, 0.15) is 32.3 Å². The van der Waals surface area contributed by atoms with Gasteiger partial charge in [0, 0.05) is 25.5 Å². The van der Waals surface area contributed by atoms with Gasteiger partial charge in [0.15, 0.2) is 26.2 Å². The number of alkyl halides is 3. The molecular weight excluding hydrogens is 471 g/mol. The molecule has 180 valence electrons. The third-order valence-electron chi connectivity index (χ3n) is 6.13. The highest BCUT2D eigenvalue weighted by Crippen LogP contribution is 2.37. The number of hydrogen-bond donors (Lipinski definition) is 1. The summed E-state index contributed by atoms with van der Waals surface area (Å²) in [6.45, 7) is 3.55. The van der Waals surface area contributed by atoms with Crippen LogP contribution in [0.15, 0.2) is 29.6 Å². The minimum absolute atomic E-state index is 0.0110. The zero-order chi connectivity index (χ0) is 24.4. The van der Waals surface area contributed by atoms with E-state index in [2.05, 4.69) is 25.4 Å². The van der Waals surface area contributed by atoms with Gasteiger partial charge in [-0.05, 0) is 37.8 Å². The second kappa shape index (κ2) is 7.65. The van der Waals surface area contributed by atoms with Crippen molar-refractivity contribution in [2.45, 2.75) is 43.9 Å². The molecule has 1 saturated carbocycles. The van der Waals surface area contributed by atoms with Crippen LogP contribution in [0.5, 0.6) is 0 Å². The Hall–Kier alpha value is -3.22. The fourth-order valence-electron chi connectivity index (χ4n) is 3.99. The molecule has 1 N–H and O–H groups in total. The first kappa shape index (κ1) is 22.6. The molecular formula is C21H22F3N7O2S. The highest BCUT2D eigenvalue weighted by molar-refractivity contribution is 7.91. The van der Waals surface area contributed by atoms with Gasteiger partial charge >= 0.3 is 6.18 Å². The second-order valence-corrected chi connectivity index (χ2v) is 10.7. The number of anilines is 1. The summed E-state index contributed by atoms with van der Waals surface area (Å²) < 4.78 is 68.5. The molecule has 0 bridgehead atoms. The average molecular weight is 494 g/mol. The van der Waals surface area contributed by atoms with E-state index in [-0.39, 0.29) is 45.0 Å². The van der Waals surface area contributed by atoms with E-state index >= 15 is 0 Å². The van der Waals surface area contributed by atoms with Crippen molar-refractivity contribution in [1.29, 1.82) is 0 Å². The predicted octanol–water partition coefficient (Wildman–Crippen LogP) is 3.70. The van der Waals surface area contributed by atoms with E-state index < -0.39 is 21.6 Å². The van der Waals surface area contributed by atoms with Gasteiger partial charge in [-0.3, -0.25) is 0 Å². The Morgan fingerprint density at radius 1 is 1.24 bits per heavy atom. The van der Waals surface area contributed by atoms with Gasteiger partial charge in [-0.2, -0.15) is 22.8 Å². The summed E-state index contributed by atoms with van der Waals surface area (Å²) >= 11 is 0. The highest BCUT2D eigenvalue weighted by Gasteiger charge is 2.34. The van der Waals surface area contributed by atoms with Crippen molar-refractivity contribution in [3.8, 4) is 11.4 Å². The third-order valence-corrected chi connectivity index (χ3v) is 7.76. The lowest BCUT2D eigenvalue weighted by molar-refractivity contribution is -0.137. The summed E-state index contributed by atoms with van der Waals surface area (Å²) in [4.78, 5) is 12.6. The van der Waals surface area contributed by atoms with Crippen LogP contribution in [-0.2, 0) is 23.1 Å². The van der Waals surface area contributed by atoms with Crippen molar-refractivity contribution in [1.82, 2.24) is 29.1 Å². The molecule has 4 aromatic heterocycles. The predicted molar refractivity (Wildman–Crippen MR) is 119 cm³/mol. The van der Waals surface area contributed by atoms with Crippen molar-refractivity contribution >= 4 is 32.5 Å². The normalized spacial score (nSPS) is 15.8. The molecule has 1 fully saturated rings. The fraction of sp³-hybridized carbons (Fsp3) is 0.429. The number of hydrogen-bond acceptors (Lipinski definition) is 7. The van der Waals surface area contributed by atoms with E-state index in [0.717, 1.165) is 25.1 Å². The van der Waals surface area contributed by atoms with Crippen LogP contribution in [0.4, 0.5) is 19.0 Å². The smallest absolute Gasteiger partial charge is 0.367 e. The lowest BCUT2D eigenvalue weighted by Crippen LogP contribution is -2.19. The van der Waals surface area contributed by atoms with Crippen LogP contribution in [0.3, 0.4) is 0 Å². The van der Waals surface area contributed by atoms with E-state index in [9.17, 15) is 21.6 Å². The molecule has 13 heteroatoms. The minimum atomic E-state index is -4.58. The van der Waals surface area contributed by atoms with E-state index in [1.807, 2.05) is 6.92 Å². The van der Waals surface area contributed by atoms with Gasteiger partial charge in [-0.15, -0.1) is 0 Å². The van der Waals surface area contributed by atoms with Crippen LogP contribution < -0.4 is 5.32 Å². The van der Waals surface area contributed by atoms with E-state index in [4.69, 9.17) is 0 Å². The van der Waals surface area contributed by atoms with Crippen LogP contribution >= 0.6 is 0 Å². The van der Waals surface area contributed by atoms with Crippen LogP contribution in [-0.4, -0.2) is 49.3 Å². The van der Waals surface area contributed by atoms with Crippen LogP contribution in [0, 0.1) is 5.92 Å². The maximum absolute atomic E-state index is 13.2. The molecule has 34 heavy (non-hydrogen) atoms. The van der Waals surface area contributed by atoms with Gasteiger partial charge < -0.3 is 9.88 Å². The molecule has 0 aliphatic heterocycles. The summed E-state index contributed by atoms with van der Waals surface area (Å²) in [6, 6.07) is 2.76. The number of sulfone groups is 1. The van der Waals surface area contributed by atoms with Crippen LogP contribution in [0.25, 0.3) is 28.2 Å². The Morgan fingerprint density at radius 2 is 1.97 bits per heavy atom. The van der Waals surface area contributed by atoms with Gasteiger partial charge in [0.05, 0.1) is 11.3 Å². The highest BCUT2D eigenvalue weighted by atomic mass is 32.2. The monoisotopic (exact) mass is 493 g/mol. The fourth-order valence-corrected chi connectivity index (χ4v) is 4.96. The zero-order valence-corrected chi connectivity index (χ0v) is 19.4. The van der Waals surface area contributed by atoms with Crippen molar-refractivity contribution in [2.75, 3.05) is 11.1 Å². The Kier molecular flexibility index (Phi) is 5.08. The van der Waals surface area contributed by atoms with Crippen molar-refractivity contribution in [3.05, 3.63) is 30.1 Å². The molecule has 9 nitrogen and oxygen atoms in total. The standard InChI is InChI=1S/C21H22F3N7O2S/c1-4-34(32,33)20-16(18-25-8-7-15(31(18)29-20)27-11(2)12-5-6-12)19-28-14-9-13(21(22,23)24)10-26-17(14)30(19)3/h7-12,27H,4-6H2,1-3H3. The summed E-state index contributed by atoms with van der Waals surface area (Å²) in [7, 11) is -2.26. The topological polar surface area (TPSA) is 107 Å². The Morgan fingerprint density at radius 3 is 2.62 bits per heavy atom. The number of nitrogens with one attached hydrogen (secondary N) is 1. The summed E-state index contributed by atoms with van der Waals surface area (Å²) in [5, 5.41) is 7.53. The molecule has 0 amide bonds. The maximum atomic E-state index is 13.2. The first-order chi connectivity index (χ1) is 16.0. The molecule has 4 aromatic rings. The first-order valence-corrected chi connectivity index (χ1v) is 12.4. The number of fused-ring (bicyclic) bond motifs is 2. The van der Waals surface area contributed by atoms with Crippen molar-refractivity contribution in [2.24, 2.45) is 13.0 Å². The molecule has 0 radical (unpaired) electrons. The SMILES string of the molecule is CCS(=O)(=O)c1nn2c(NC(C)C3CC3)ccnc2c1-c1nc2cc(C(F)(F)F)cnc2n1C. The van der Waals surface area contributed by atoms with Gasteiger partial charge in [0.25, 0.3) is 0 Å². The van der Waals surface area contributed by atoms with Gasteiger partial charge in [0.2, 0.25) is 0 Å². The number of aryl methyl sites for hydroxylation is 1. The molecule has 0 spiro atoms. The molecule has 1 aliphatic rings. The number of imidazole rings is 1. The van der Waals surface area contributed by atoms with Gasteiger partial charge in [0.1, 0.15) is 22.7 Å². The summed E-state index contributed by atoms with van der Waals surface area (Å²) in [6.07, 6.45) is -0.0784.